The van der Waals surface area contributed by atoms with E-state index in [9.17, 15) is 4.79 Å². The van der Waals surface area contributed by atoms with Crippen molar-refractivity contribution in [2.45, 2.75) is 38.6 Å². The summed E-state index contributed by atoms with van der Waals surface area (Å²) in [6.07, 6.45) is 5.28. The van der Waals surface area contributed by atoms with E-state index in [1.807, 2.05) is 29.2 Å². The fourth-order valence-electron chi connectivity index (χ4n) is 2.29. The van der Waals surface area contributed by atoms with Crippen molar-refractivity contribution in [3.8, 4) is 0 Å². The van der Waals surface area contributed by atoms with Crippen LogP contribution >= 0.6 is 0 Å². The van der Waals surface area contributed by atoms with Crippen LogP contribution in [0.15, 0.2) is 24.3 Å². The second kappa shape index (κ2) is 5.71. The number of carbonyl (C=O) groups is 1. The summed E-state index contributed by atoms with van der Waals surface area (Å²) in [7, 11) is 0. The molecule has 1 fully saturated rings. The van der Waals surface area contributed by atoms with Crippen LogP contribution in [0.1, 0.15) is 37.7 Å². The summed E-state index contributed by atoms with van der Waals surface area (Å²) in [4.78, 5) is 13.9. The Morgan fingerprint density at radius 2 is 2.00 bits per heavy atom. The van der Waals surface area contributed by atoms with Crippen LogP contribution in [0.4, 0.5) is 5.69 Å². The van der Waals surface area contributed by atoms with E-state index in [2.05, 4.69) is 0 Å². The summed E-state index contributed by atoms with van der Waals surface area (Å²) < 4.78 is 0. The molecule has 0 radical (unpaired) electrons. The predicted octanol–water partition coefficient (Wildman–Crippen LogP) is 2.56. The molecular weight excluding hydrogens is 212 g/mol. The molecule has 2 N–H and O–H groups in total. The molecule has 0 aliphatic carbocycles. The average Bonchev–Trinajstić information content (AvgIpc) is 2.29. The summed E-state index contributed by atoms with van der Waals surface area (Å²) in [5.74, 6) is 0.284. The highest BCUT2D eigenvalue weighted by Gasteiger charge is 2.15. The van der Waals surface area contributed by atoms with Gasteiger partial charge in [0.25, 0.3) is 0 Å². The molecule has 1 aromatic rings. The zero-order chi connectivity index (χ0) is 12.1. The molecule has 1 aromatic carbocycles. The molecule has 0 bridgehead atoms. The summed E-state index contributed by atoms with van der Waals surface area (Å²) in [6, 6.07) is 7.80. The van der Waals surface area contributed by atoms with Gasteiger partial charge in [-0.3, -0.25) is 4.79 Å². The predicted molar refractivity (Wildman–Crippen MR) is 69.4 cm³/mol. The van der Waals surface area contributed by atoms with Gasteiger partial charge in [-0.25, -0.2) is 0 Å². The van der Waals surface area contributed by atoms with Crippen molar-refractivity contribution in [3.05, 3.63) is 29.8 Å². The minimum Gasteiger partial charge on any atom is -0.399 e. The third kappa shape index (κ3) is 3.48. The SMILES string of the molecule is Nc1cccc(CN2CCCCCCC2=O)c1. The van der Waals surface area contributed by atoms with Crippen molar-refractivity contribution in [1.82, 2.24) is 4.90 Å². The maximum absolute atomic E-state index is 12.0. The van der Waals surface area contributed by atoms with Crippen LogP contribution in [0.3, 0.4) is 0 Å². The van der Waals surface area contributed by atoms with Gasteiger partial charge in [0.05, 0.1) is 0 Å². The van der Waals surface area contributed by atoms with E-state index in [1.165, 1.54) is 12.8 Å². The molecular formula is C14H20N2O. The van der Waals surface area contributed by atoms with E-state index < -0.39 is 0 Å². The molecule has 0 unspecified atom stereocenters. The first-order chi connectivity index (χ1) is 8.25. The lowest BCUT2D eigenvalue weighted by Crippen LogP contribution is -2.32. The molecule has 0 atom stereocenters. The topological polar surface area (TPSA) is 46.3 Å². The van der Waals surface area contributed by atoms with E-state index in [-0.39, 0.29) is 5.91 Å². The van der Waals surface area contributed by atoms with E-state index >= 15 is 0 Å². The van der Waals surface area contributed by atoms with Crippen LogP contribution in [0, 0.1) is 0 Å². The smallest absolute Gasteiger partial charge is 0.222 e. The van der Waals surface area contributed by atoms with Crippen LogP contribution in [-0.2, 0) is 11.3 Å². The molecule has 1 saturated heterocycles. The van der Waals surface area contributed by atoms with Crippen molar-refractivity contribution < 1.29 is 4.79 Å². The summed E-state index contributed by atoms with van der Waals surface area (Å²) >= 11 is 0. The number of nitrogens with zero attached hydrogens (tertiary/aromatic N) is 1. The largest absolute Gasteiger partial charge is 0.399 e. The quantitative estimate of drug-likeness (QED) is 0.796. The highest BCUT2D eigenvalue weighted by atomic mass is 16.2. The van der Waals surface area contributed by atoms with Crippen molar-refractivity contribution in [3.63, 3.8) is 0 Å². The van der Waals surface area contributed by atoms with Crippen LogP contribution in [0.2, 0.25) is 0 Å². The lowest BCUT2D eigenvalue weighted by atomic mass is 10.1. The molecule has 1 aliphatic heterocycles. The second-order valence-electron chi connectivity index (χ2n) is 4.72. The number of carbonyl (C=O) groups excluding carboxylic acids is 1. The molecule has 17 heavy (non-hydrogen) atoms. The van der Waals surface area contributed by atoms with Crippen LogP contribution in [0.5, 0.6) is 0 Å². The fourth-order valence-corrected chi connectivity index (χ4v) is 2.29. The number of anilines is 1. The van der Waals surface area contributed by atoms with E-state index in [4.69, 9.17) is 5.73 Å². The molecule has 1 heterocycles. The Bertz CT molecular complexity index is 390. The molecule has 0 spiro atoms. The van der Waals surface area contributed by atoms with Gasteiger partial charge >= 0.3 is 0 Å². The lowest BCUT2D eigenvalue weighted by molar-refractivity contribution is -0.132. The Hall–Kier alpha value is -1.51. The van der Waals surface area contributed by atoms with Gasteiger partial charge in [0.1, 0.15) is 0 Å². The number of rotatable bonds is 2. The van der Waals surface area contributed by atoms with E-state index in [0.29, 0.717) is 13.0 Å². The molecule has 0 aromatic heterocycles. The highest BCUT2D eigenvalue weighted by molar-refractivity contribution is 5.76. The normalized spacial score (nSPS) is 17.6. The van der Waals surface area contributed by atoms with Gasteiger partial charge < -0.3 is 10.6 Å². The molecule has 3 heteroatoms. The van der Waals surface area contributed by atoms with Crippen LogP contribution < -0.4 is 5.73 Å². The number of nitrogens with two attached hydrogens (primary N) is 1. The monoisotopic (exact) mass is 232 g/mol. The van der Waals surface area contributed by atoms with Gasteiger partial charge in [0.15, 0.2) is 0 Å². The van der Waals surface area contributed by atoms with Crippen molar-refractivity contribution >= 4 is 11.6 Å². The first-order valence-corrected chi connectivity index (χ1v) is 6.38. The number of hydrogen-bond donors (Lipinski definition) is 1. The third-order valence-corrected chi connectivity index (χ3v) is 3.25. The number of hydrogen-bond acceptors (Lipinski definition) is 2. The minimum atomic E-state index is 0.284. The van der Waals surface area contributed by atoms with Gasteiger partial charge in [0.2, 0.25) is 5.91 Å². The standard InChI is InChI=1S/C14H20N2O/c15-13-7-5-6-12(10-13)11-16-9-4-2-1-3-8-14(16)17/h5-7,10H,1-4,8-9,11,15H2. The number of benzene rings is 1. The van der Waals surface area contributed by atoms with E-state index in [0.717, 1.165) is 30.6 Å². The summed E-state index contributed by atoms with van der Waals surface area (Å²) in [6.45, 7) is 1.58. The number of likely N-dealkylation sites (tertiary alicyclic amines) is 1. The molecule has 2 rings (SSSR count). The van der Waals surface area contributed by atoms with E-state index in [1.54, 1.807) is 0 Å². The van der Waals surface area contributed by atoms with Crippen LogP contribution in [-0.4, -0.2) is 17.4 Å². The molecule has 3 nitrogen and oxygen atoms in total. The first kappa shape index (κ1) is 12.0. The Kier molecular flexibility index (Phi) is 4.02. The Labute approximate surface area is 103 Å². The highest BCUT2D eigenvalue weighted by Crippen LogP contribution is 2.15. The Morgan fingerprint density at radius 3 is 2.82 bits per heavy atom. The molecule has 92 valence electrons. The third-order valence-electron chi connectivity index (χ3n) is 3.25. The summed E-state index contributed by atoms with van der Waals surface area (Å²) in [5.41, 5.74) is 7.64. The molecule has 0 saturated carbocycles. The van der Waals surface area contributed by atoms with Gasteiger partial charge in [0, 0.05) is 25.2 Å². The van der Waals surface area contributed by atoms with Crippen molar-refractivity contribution in [2.24, 2.45) is 0 Å². The zero-order valence-corrected chi connectivity index (χ0v) is 10.2. The summed E-state index contributed by atoms with van der Waals surface area (Å²) in [5, 5.41) is 0. The number of amides is 1. The lowest BCUT2D eigenvalue weighted by Gasteiger charge is -2.25. The average molecular weight is 232 g/mol. The van der Waals surface area contributed by atoms with Gasteiger partial charge in [-0.15, -0.1) is 0 Å². The molecule has 1 amide bonds. The van der Waals surface area contributed by atoms with Crippen LogP contribution in [0.25, 0.3) is 0 Å². The van der Waals surface area contributed by atoms with Crippen molar-refractivity contribution in [2.75, 3.05) is 12.3 Å². The number of nitrogen functional groups attached to an aromatic ring is 1. The fraction of sp³-hybridized carbons (Fsp3) is 0.500. The zero-order valence-electron chi connectivity index (χ0n) is 10.2. The Morgan fingerprint density at radius 1 is 1.18 bits per heavy atom. The first-order valence-electron chi connectivity index (χ1n) is 6.38. The maximum atomic E-state index is 12.0. The Balaban J connectivity index is 2.02. The van der Waals surface area contributed by atoms with Gasteiger partial charge in [-0.1, -0.05) is 25.0 Å². The minimum absolute atomic E-state index is 0.284. The van der Waals surface area contributed by atoms with Gasteiger partial charge in [-0.05, 0) is 30.5 Å². The maximum Gasteiger partial charge on any atom is 0.222 e. The van der Waals surface area contributed by atoms with Crippen molar-refractivity contribution in [1.29, 1.82) is 0 Å². The van der Waals surface area contributed by atoms with Gasteiger partial charge in [-0.2, -0.15) is 0 Å². The molecule has 1 aliphatic rings. The second-order valence-corrected chi connectivity index (χ2v) is 4.72.